The highest BCUT2D eigenvalue weighted by Crippen LogP contribution is 2.41. The highest BCUT2D eigenvalue weighted by atomic mass is 16.8. The predicted octanol–water partition coefficient (Wildman–Crippen LogP) is -0.977. The van der Waals surface area contributed by atoms with Crippen LogP contribution in [0.15, 0.2) is 24.4 Å². The van der Waals surface area contributed by atoms with Gasteiger partial charge in [0, 0.05) is 25.0 Å². The van der Waals surface area contributed by atoms with Crippen molar-refractivity contribution in [3.63, 3.8) is 0 Å². The number of hydrogen-bond donors (Lipinski definition) is 3. The van der Waals surface area contributed by atoms with Gasteiger partial charge in [-0.2, -0.15) is 5.48 Å². The molecule has 3 N–H and O–H groups in total. The summed E-state index contributed by atoms with van der Waals surface area (Å²) >= 11 is 0. The number of nitrogens with zero attached hydrogens (tertiary/aromatic N) is 1. The maximum absolute atomic E-state index is 10.8. The Morgan fingerprint density at radius 2 is 2.22 bits per heavy atom. The van der Waals surface area contributed by atoms with Crippen LogP contribution < -0.4 is 10.4 Å². The fraction of sp³-hybridized carbons (Fsp3) is 0.615. The van der Waals surface area contributed by atoms with E-state index in [0.717, 1.165) is 31.6 Å². The normalized spacial score (nSPS) is 46.1. The van der Waals surface area contributed by atoms with E-state index in [1.165, 1.54) is 4.90 Å². The van der Waals surface area contributed by atoms with Gasteiger partial charge < -0.3 is 10.0 Å². The molecule has 4 aliphatic heterocycles. The number of rotatable bonds is 1. The SMILES string of the molecule is O[C@]12ON[C@@H](c3ccccn3)[C@@H]1[NH+]1CCC2CC1. The summed E-state index contributed by atoms with van der Waals surface area (Å²) in [7, 11) is 0. The summed E-state index contributed by atoms with van der Waals surface area (Å²) in [5.74, 6) is -0.741. The number of aliphatic hydroxyl groups is 1. The Bertz CT molecular complexity index is 447. The Labute approximate surface area is 106 Å². The molecule has 3 atom stereocenters. The lowest BCUT2D eigenvalue weighted by Crippen LogP contribution is -3.21. The van der Waals surface area contributed by atoms with Crippen LogP contribution in [-0.4, -0.2) is 35.0 Å². The smallest absolute Gasteiger partial charge is 0.242 e. The summed E-state index contributed by atoms with van der Waals surface area (Å²) < 4.78 is 0. The molecule has 18 heavy (non-hydrogen) atoms. The van der Waals surface area contributed by atoms with Gasteiger partial charge in [-0.3, -0.25) is 9.82 Å². The summed E-state index contributed by atoms with van der Waals surface area (Å²) in [5.41, 5.74) is 3.98. The van der Waals surface area contributed by atoms with Crippen LogP contribution in [0.3, 0.4) is 0 Å². The summed E-state index contributed by atoms with van der Waals surface area (Å²) in [4.78, 5) is 11.4. The third-order valence-corrected chi connectivity index (χ3v) is 4.79. The summed E-state index contributed by atoms with van der Waals surface area (Å²) in [6.45, 7) is 2.26. The van der Waals surface area contributed by atoms with Gasteiger partial charge in [0.15, 0.2) is 6.04 Å². The first-order valence-electron chi connectivity index (χ1n) is 6.70. The van der Waals surface area contributed by atoms with Gasteiger partial charge in [0.1, 0.15) is 6.04 Å². The summed E-state index contributed by atoms with van der Waals surface area (Å²) in [6, 6.07) is 5.95. The molecular formula is C13H18N3O2+. The van der Waals surface area contributed by atoms with Gasteiger partial charge in [-0.1, -0.05) is 6.07 Å². The second kappa shape index (κ2) is 3.74. The van der Waals surface area contributed by atoms with E-state index in [1.54, 1.807) is 6.20 Å². The molecule has 4 aliphatic rings. The minimum absolute atomic E-state index is 0.00528. The molecule has 5 heterocycles. The van der Waals surface area contributed by atoms with E-state index < -0.39 is 5.79 Å². The van der Waals surface area contributed by atoms with Crippen LogP contribution in [-0.2, 0) is 4.84 Å². The second-order valence-corrected chi connectivity index (χ2v) is 5.61. The number of nitrogens with one attached hydrogen (secondary N) is 2. The number of aromatic nitrogens is 1. The molecule has 96 valence electrons. The zero-order valence-electron chi connectivity index (χ0n) is 10.2. The molecule has 0 radical (unpaired) electrons. The van der Waals surface area contributed by atoms with Crippen LogP contribution in [0, 0.1) is 5.92 Å². The fourth-order valence-corrected chi connectivity index (χ4v) is 3.90. The van der Waals surface area contributed by atoms with E-state index in [4.69, 9.17) is 4.84 Å². The molecule has 4 saturated heterocycles. The Hall–Kier alpha value is -1.01. The lowest BCUT2D eigenvalue weighted by molar-refractivity contribution is -0.955. The number of pyridine rings is 1. The van der Waals surface area contributed by atoms with Crippen LogP contribution in [0.4, 0.5) is 0 Å². The van der Waals surface area contributed by atoms with Gasteiger partial charge in [-0.15, -0.1) is 0 Å². The van der Waals surface area contributed by atoms with E-state index >= 15 is 0 Å². The van der Waals surface area contributed by atoms with Crippen LogP contribution in [0.2, 0.25) is 0 Å². The van der Waals surface area contributed by atoms with Gasteiger partial charge in [0.2, 0.25) is 5.79 Å². The second-order valence-electron chi connectivity index (χ2n) is 5.61. The minimum Gasteiger partial charge on any atom is -0.359 e. The molecule has 0 aliphatic carbocycles. The Kier molecular flexibility index (Phi) is 2.26. The third-order valence-electron chi connectivity index (χ3n) is 4.79. The Balaban J connectivity index is 1.72. The van der Waals surface area contributed by atoms with Crippen molar-refractivity contribution < 1.29 is 14.8 Å². The maximum Gasteiger partial charge on any atom is 0.242 e. The third kappa shape index (κ3) is 1.33. The van der Waals surface area contributed by atoms with Crippen molar-refractivity contribution in [1.82, 2.24) is 10.5 Å². The molecule has 1 aromatic rings. The first-order chi connectivity index (χ1) is 8.79. The topological polar surface area (TPSA) is 58.8 Å². The predicted molar refractivity (Wildman–Crippen MR) is 63.4 cm³/mol. The van der Waals surface area contributed by atoms with E-state index in [1.807, 2.05) is 18.2 Å². The molecule has 0 aromatic carbocycles. The highest BCUT2D eigenvalue weighted by molar-refractivity contribution is 5.14. The average Bonchev–Trinajstić information content (AvgIpc) is 2.81. The maximum atomic E-state index is 10.8. The van der Waals surface area contributed by atoms with Crippen LogP contribution in [0.5, 0.6) is 0 Å². The molecule has 5 rings (SSSR count). The number of hydroxylamine groups is 1. The van der Waals surface area contributed by atoms with Gasteiger partial charge in [-0.05, 0) is 12.1 Å². The van der Waals surface area contributed by atoms with Crippen molar-refractivity contribution in [1.29, 1.82) is 0 Å². The molecule has 5 nitrogen and oxygen atoms in total. The zero-order chi connectivity index (χ0) is 12.2. The molecule has 0 unspecified atom stereocenters. The van der Waals surface area contributed by atoms with Gasteiger partial charge >= 0.3 is 0 Å². The number of quaternary nitrogens is 1. The summed E-state index contributed by atoms with van der Waals surface area (Å²) in [6.07, 6.45) is 3.90. The van der Waals surface area contributed by atoms with E-state index in [-0.39, 0.29) is 18.0 Å². The van der Waals surface area contributed by atoms with Crippen LogP contribution in [0.1, 0.15) is 24.6 Å². The molecule has 0 saturated carbocycles. The largest absolute Gasteiger partial charge is 0.359 e. The van der Waals surface area contributed by atoms with E-state index in [0.29, 0.717) is 0 Å². The lowest BCUT2D eigenvalue weighted by atomic mass is 9.75. The number of piperidine rings is 3. The molecular weight excluding hydrogens is 230 g/mol. The highest BCUT2D eigenvalue weighted by Gasteiger charge is 2.65. The van der Waals surface area contributed by atoms with Crippen molar-refractivity contribution in [2.75, 3.05) is 13.1 Å². The lowest BCUT2D eigenvalue weighted by Gasteiger charge is -2.48. The molecule has 5 heteroatoms. The molecule has 4 fully saturated rings. The first kappa shape index (κ1) is 10.9. The minimum atomic E-state index is -1.01. The van der Waals surface area contributed by atoms with Gasteiger partial charge in [0.05, 0.1) is 18.8 Å². The van der Waals surface area contributed by atoms with Crippen molar-refractivity contribution in [2.24, 2.45) is 5.92 Å². The van der Waals surface area contributed by atoms with E-state index in [9.17, 15) is 5.11 Å². The molecule has 0 amide bonds. The average molecular weight is 248 g/mol. The Morgan fingerprint density at radius 1 is 1.39 bits per heavy atom. The Morgan fingerprint density at radius 3 is 2.94 bits per heavy atom. The number of fused-ring (bicyclic) bond motifs is 2. The van der Waals surface area contributed by atoms with Crippen molar-refractivity contribution in [3.8, 4) is 0 Å². The van der Waals surface area contributed by atoms with Crippen LogP contribution in [0.25, 0.3) is 0 Å². The van der Waals surface area contributed by atoms with E-state index in [2.05, 4.69) is 10.5 Å². The standard InChI is InChI=1S/C13H17N3O2/c17-13-9-4-7-16(8-5-9)12(13)11(15-18-13)10-3-1-2-6-14-10/h1-3,6,9,11-12,15,17H,4-5,7-8H2/p+1/t11-,12-,13+/m0/s1. The van der Waals surface area contributed by atoms with Crippen LogP contribution >= 0.6 is 0 Å². The van der Waals surface area contributed by atoms with Crippen molar-refractivity contribution >= 4 is 0 Å². The monoisotopic (exact) mass is 248 g/mol. The molecule has 1 aromatic heterocycles. The molecule has 2 bridgehead atoms. The van der Waals surface area contributed by atoms with Gasteiger partial charge in [-0.25, -0.2) is 0 Å². The summed E-state index contributed by atoms with van der Waals surface area (Å²) in [5, 5.41) is 10.8. The quantitative estimate of drug-likeness (QED) is 0.598. The van der Waals surface area contributed by atoms with Crippen molar-refractivity contribution in [3.05, 3.63) is 30.1 Å². The zero-order valence-corrected chi connectivity index (χ0v) is 10.2. The number of hydrogen-bond acceptors (Lipinski definition) is 4. The fourth-order valence-electron chi connectivity index (χ4n) is 3.90. The van der Waals surface area contributed by atoms with Gasteiger partial charge in [0.25, 0.3) is 0 Å². The first-order valence-corrected chi connectivity index (χ1v) is 6.70. The van der Waals surface area contributed by atoms with Crippen molar-refractivity contribution in [2.45, 2.75) is 30.7 Å². The molecule has 0 spiro atoms.